The van der Waals surface area contributed by atoms with E-state index in [1.165, 1.54) is 19.1 Å². The molecule has 0 saturated carbocycles. The zero-order valence-corrected chi connectivity index (χ0v) is 12.4. The number of aromatic carboxylic acids is 1. The van der Waals surface area contributed by atoms with Gasteiger partial charge in [0.25, 0.3) is 0 Å². The number of carboxylic acid groups (broad SMARTS) is 1. The van der Waals surface area contributed by atoms with Crippen molar-refractivity contribution < 1.29 is 19.5 Å². The first-order valence-electron chi connectivity index (χ1n) is 6.57. The highest BCUT2D eigenvalue weighted by molar-refractivity contribution is 6.09. The molecule has 1 aromatic heterocycles. The molecule has 1 aromatic carbocycles. The number of Topliss-reactive ketones (excluding diaryl/α,β-unsaturated/α-hetero) is 2. The van der Waals surface area contributed by atoms with Gasteiger partial charge in [-0.05, 0) is 25.1 Å². The van der Waals surface area contributed by atoms with Crippen LogP contribution in [0.4, 0.5) is 0 Å². The number of rotatable bonds is 3. The number of aromatic nitrogens is 1. The summed E-state index contributed by atoms with van der Waals surface area (Å²) in [5.41, 5.74) is 0.481. The smallest absolute Gasteiger partial charge is 0.336 e. The molecule has 0 aliphatic carbocycles. The molecule has 0 fully saturated rings. The van der Waals surface area contributed by atoms with Crippen LogP contribution in [-0.4, -0.2) is 27.6 Å². The second-order valence-corrected chi connectivity index (χ2v) is 6.11. The van der Waals surface area contributed by atoms with Gasteiger partial charge in [0.1, 0.15) is 0 Å². The van der Waals surface area contributed by atoms with E-state index < -0.39 is 11.4 Å². The number of fused-ring (bicyclic) bond motifs is 1. The van der Waals surface area contributed by atoms with Crippen LogP contribution in [-0.2, 0) is 0 Å². The third kappa shape index (κ3) is 2.72. The summed E-state index contributed by atoms with van der Waals surface area (Å²) in [5.74, 6) is -1.56. The maximum absolute atomic E-state index is 12.3. The van der Waals surface area contributed by atoms with Crippen molar-refractivity contribution in [3.8, 4) is 0 Å². The Morgan fingerprint density at radius 2 is 1.67 bits per heavy atom. The Kier molecular flexibility index (Phi) is 3.45. The second-order valence-electron chi connectivity index (χ2n) is 6.11. The lowest BCUT2D eigenvalue weighted by atomic mass is 9.89. The van der Waals surface area contributed by atoms with Gasteiger partial charge in [-0.2, -0.15) is 0 Å². The van der Waals surface area contributed by atoms with Crippen molar-refractivity contribution in [1.82, 2.24) is 4.98 Å². The number of carboxylic acids is 1. The van der Waals surface area contributed by atoms with Crippen LogP contribution in [0, 0.1) is 5.41 Å². The Morgan fingerprint density at radius 3 is 2.14 bits per heavy atom. The van der Waals surface area contributed by atoms with E-state index in [0.717, 1.165) is 0 Å². The molecular formula is C16H17NO4. The third-order valence-corrected chi connectivity index (χ3v) is 3.29. The Labute approximate surface area is 122 Å². The zero-order valence-electron chi connectivity index (χ0n) is 12.4. The molecule has 5 nitrogen and oxygen atoms in total. The van der Waals surface area contributed by atoms with Crippen molar-refractivity contribution in [1.29, 1.82) is 0 Å². The van der Waals surface area contributed by atoms with Gasteiger partial charge < -0.3 is 10.1 Å². The molecule has 2 rings (SSSR count). The maximum atomic E-state index is 12.3. The summed E-state index contributed by atoms with van der Waals surface area (Å²) >= 11 is 0. The Bertz CT molecular complexity index is 711. The zero-order chi connectivity index (χ0) is 15.9. The van der Waals surface area contributed by atoms with Gasteiger partial charge >= 0.3 is 5.97 Å². The number of ketones is 2. The molecule has 0 unspecified atom stereocenters. The van der Waals surface area contributed by atoms with Crippen LogP contribution in [0.2, 0.25) is 0 Å². The second kappa shape index (κ2) is 4.84. The topological polar surface area (TPSA) is 87.2 Å². The van der Waals surface area contributed by atoms with Crippen molar-refractivity contribution in [3.63, 3.8) is 0 Å². The van der Waals surface area contributed by atoms with Crippen molar-refractivity contribution in [2.45, 2.75) is 27.7 Å². The Balaban J connectivity index is 2.66. The molecule has 1 heterocycles. The fourth-order valence-corrected chi connectivity index (χ4v) is 2.18. The molecule has 110 valence electrons. The predicted octanol–water partition coefficient (Wildman–Crippen LogP) is 3.30. The van der Waals surface area contributed by atoms with E-state index in [1.807, 2.05) is 20.8 Å². The number of H-pyrrole nitrogens is 1. The molecule has 2 aromatic rings. The highest BCUT2D eigenvalue weighted by Gasteiger charge is 2.25. The lowest BCUT2D eigenvalue weighted by molar-refractivity contribution is 0.0692. The van der Waals surface area contributed by atoms with Gasteiger partial charge in [-0.15, -0.1) is 0 Å². The summed E-state index contributed by atoms with van der Waals surface area (Å²) in [6.07, 6.45) is 0. The molecule has 0 radical (unpaired) electrons. The normalized spacial score (nSPS) is 11.6. The first-order chi connectivity index (χ1) is 9.61. The van der Waals surface area contributed by atoms with E-state index in [-0.39, 0.29) is 22.7 Å². The third-order valence-electron chi connectivity index (χ3n) is 3.29. The van der Waals surface area contributed by atoms with Crippen LogP contribution >= 0.6 is 0 Å². The van der Waals surface area contributed by atoms with Gasteiger partial charge in [0.2, 0.25) is 0 Å². The van der Waals surface area contributed by atoms with E-state index in [4.69, 9.17) is 0 Å². The van der Waals surface area contributed by atoms with E-state index >= 15 is 0 Å². The van der Waals surface area contributed by atoms with Crippen LogP contribution in [0.15, 0.2) is 18.2 Å². The highest BCUT2D eigenvalue weighted by Crippen LogP contribution is 2.26. The first-order valence-corrected chi connectivity index (χ1v) is 6.57. The molecule has 21 heavy (non-hydrogen) atoms. The number of carbonyl (C=O) groups is 3. The van der Waals surface area contributed by atoms with Crippen molar-refractivity contribution in [2.24, 2.45) is 5.41 Å². The SMILES string of the molecule is CC(=O)c1cc2cc(C(=O)C(C)(C)C)[nH]c2cc1C(=O)O. The molecule has 0 amide bonds. The lowest BCUT2D eigenvalue weighted by Crippen LogP contribution is -2.20. The molecule has 0 saturated heterocycles. The molecule has 0 bridgehead atoms. The monoisotopic (exact) mass is 287 g/mol. The minimum atomic E-state index is -1.17. The van der Waals surface area contributed by atoms with Crippen LogP contribution in [0.1, 0.15) is 58.9 Å². The Hall–Kier alpha value is -2.43. The minimum Gasteiger partial charge on any atom is -0.478 e. The van der Waals surface area contributed by atoms with Crippen LogP contribution in [0.25, 0.3) is 10.9 Å². The van der Waals surface area contributed by atoms with Gasteiger partial charge in [-0.1, -0.05) is 20.8 Å². The molecule has 0 aliphatic heterocycles. The van der Waals surface area contributed by atoms with E-state index in [0.29, 0.717) is 16.6 Å². The molecule has 2 N–H and O–H groups in total. The van der Waals surface area contributed by atoms with E-state index in [2.05, 4.69) is 4.98 Å². The largest absolute Gasteiger partial charge is 0.478 e. The summed E-state index contributed by atoms with van der Waals surface area (Å²) in [5, 5.41) is 9.84. The van der Waals surface area contributed by atoms with Gasteiger partial charge in [0.15, 0.2) is 11.6 Å². The predicted molar refractivity (Wildman–Crippen MR) is 79.0 cm³/mol. The molecule has 0 spiro atoms. The number of hydrogen-bond acceptors (Lipinski definition) is 3. The average Bonchev–Trinajstić information content (AvgIpc) is 2.77. The summed E-state index contributed by atoms with van der Waals surface area (Å²) in [4.78, 5) is 38.0. The van der Waals surface area contributed by atoms with Gasteiger partial charge in [-0.3, -0.25) is 9.59 Å². The van der Waals surface area contributed by atoms with E-state index in [9.17, 15) is 19.5 Å². The van der Waals surface area contributed by atoms with Gasteiger partial charge in [0.05, 0.1) is 11.3 Å². The highest BCUT2D eigenvalue weighted by atomic mass is 16.4. The number of benzene rings is 1. The van der Waals surface area contributed by atoms with Crippen molar-refractivity contribution in [2.75, 3.05) is 0 Å². The standard InChI is InChI=1S/C16H17NO4/c1-8(18)10-5-9-6-13(14(19)16(2,3)4)17-12(9)7-11(10)15(20)21/h5-7,17H,1-4H3,(H,20,21). The molecular weight excluding hydrogens is 270 g/mol. The van der Waals surface area contributed by atoms with Crippen LogP contribution in [0.5, 0.6) is 0 Å². The molecule has 0 atom stereocenters. The minimum absolute atomic E-state index is 0.0633. The number of nitrogens with one attached hydrogen (secondary N) is 1. The number of aromatic amines is 1. The van der Waals surface area contributed by atoms with Gasteiger partial charge in [0, 0.05) is 21.9 Å². The fraction of sp³-hybridized carbons (Fsp3) is 0.312. The van der Waals surface area contributed by atoms with Crippen LogP contribution < -0.4 is 0 Å². The van der Waals surface area contributed by atoms with Gasteiger partial charge in [-0.25, -0.2) is 4.79 Å². The number of carbonyl (C=O) groups excluding carboxylic acids is 2. The summed E-state index contributed by atoms with van der Waals surface area (Å²) < 4.78 is 0. The lowest BCUT2D eigenvalue weighted by Gasteiger charge is -2.14. The Morgan fingerprint density at radius 1 is 1.05 bits per heavy atom. The van der Waals surface area contributed by atoms with Crippen molar-refractivity contribution >= 4 is 28.4 Å². The van der Waals surface area contributed by atoms with Crippen molar-refractivity contribution in [3.05, 3.63) is 35.0 Å². The number of hydrogen-bond donors (Lipinski definition) is 2. The quantitative estimate of drug-likeness (QED) is 0.848. The summed E-state index contributed by atoms with van der Waals surface area (Å²) in [7, 11) is 0. The summed E-state index contributed by atoms with van der Waals surface area (Å²) in [6, 6.07) is 4.56. The molecule has 0 aliphatic rings. The fourth-order valence-electron chi connectivity index (χ4n) is 2.18. The average molecular weight is 287 g/mol. The summed E-state index contributed by atoms with van der Waals surface area (Å²) in [6.45, 7) is 6.75. The van der Waals surface area contributed by atoms with Crippen LogP contribution in [0.3, 0.4) is 0 Å². The maximum Gasteiger partial charge on any atom is 0.336 e. The first kappa shape index (κ1) is 15.0. The van der Waals surface area contributed by atoms with E-state index in [1.54, 1.807) is 6.07 Å². The molecule has 5 heteroatoms.